The molecule has 0 bridgehead atoms. The van der Waals surface area contributed by atoms with Gasteiger partial charge < -0.3 is 4.74 Å². The number of carbonyl (C=O) groups excluding carboxylic acids is 1. The number of ether oxygens (including phenoxy) is 1. The monoisotopic (exact) mass is 516 g/mol. The van der Waals surface area contributed by atoms with Gasteiger partial charge in [0.05, 0.1) is 23.2 Å². The quantitative estimate of drug-likeness (QED) is 0.244. The van der Waals surface area contributed by atoms with Gasteiger partial charge in [0.15, 0.2) is 0 Å². The summed E-state index contributed by atoms with van der Waals surface area (Å²) >= 11 is 6.00. The molecule has 2 heterocycles. The lowest BCUT2D eigenvalue weighted by molar-refractivity contribution is -0.384. The maximum atomic E-state index is 13.5. The van der Waals surface area contributed by atoms with Gasteiger partial charge in [-0.05, 0) is 61.0 Å². The van der Waals surface area contributed by atoms with Crippen molar-refractivity contribution in [1.82, 2.24) is 14.3 Å². The van der Waals surface area contributed by atoms with Crippen molar-refractivity contribution in [2.45, 2.75) is 13.3 Å². The number of aromatic nitrogens is 3. The van der Waals surface area contributed by atoms with Gasteiger partial charge in [0.25, 0.3) is 17.2 Å². The normalized spacial score (nSPS) is 11.1. The average molecular weight is 517 g/mol. The van der Waals surface area contributed by atoms with E-state index in [4.69, 9.17) is 16.3 Å². The van der Waals surface area contributed by atoms with Gasteiger partial charge in [0.1, 0.15) is 5.75 Å². The molecule has 0 fully saturated rings. The molecule has 0 aliphatic carbocycles. The Kier molecular flexibility index (Phi) is 6.14. The number of nitro benzene ring substituents is 1. The number of rotatable bonds is 6. The number of methoxy groups -OCH3 is 1. The Morgan fingerprint density at radius 1 is 1.08 bits per heavy atom. The van der Waals surface area contributed by atoms with Gasteiger partial charge in [-0.25, -0.2) is 4.68 Å². The maximum Gasteiger partial charge on any atom is 0.271 e. The Bertz CT molecular complexity index is 1730. The highest BCUT2D eigenvalue weighted by molar-refractivity contribution is 6.30. The van der Waals surface area contributed by atoms with E-state index in [1.807, 2.05) is 19.1 Å². The van der Waals surface area contributed by atoms with E-state index in [2.05, 4.69) is 5.10 Å². The van der Waals surface area contributed by atoms with Gasteiger partial charge in [0.2, 0.25) is 0 Å². The highest BCUT2D eigenvalue weighted by Crippen LogP contribution is 2.32. The van der Waals surface area contributed by atoms with E-state index in [1.54, 1.807) is 48.1 Å². The zero-order valence-electron chi connectivity index (χ0n) is 19.9. The van der Waals surface area contributed by atoms with Gasteiger partial charge in [-0.1, -0.05) is 17.7 Å². The van der Waals surface area contributed by atoms with Crippen molar-refractivity contribution < 1.29 is 14.5 Å². The molecule has 3 aromatic carbocycles. The van der Waals surface area contributed by atoms with E-state index in [0.29, 0.717) is 45.3 Å². The van der Waals surface area contributed by atoms with Crippen LogP contribution in [0.3, 0.4) is 0 Å². The summed E-state index contributed by atoms with van der Waals surface area (Å²) in [5.74, 6) is 0.422. The number of non-ortho nitro benzene ring substituents is 1. The van der Waals surface area contributed by atoms with Crippen molar-refractivity contribution in [3.63, 3.8) is 0 Å². The molecule has 0 atom stereocenters. The van der Waals surface area contributed by atoms with Gasteiger partial charge in [0, 0.05) is 52.0 Å². The minimum absolute atomic E-state index is 0.118. The summed E-state index contributed by atoms with van der Waals surface area (Å²) in [7, 11) is 1.57. The van der Waals surface area contributed by atoms with Crippen molar-refractivity contribution in [3.05, 3.63) is 121 Å². The molecule has 10 heteroatoms. The number of carbonyl (C=O) groups is 1. The molecule has 186 valence electrons. The van der Waals surface area contributed by atoms with Crippen molar-refractivity contribution in [1.29, 1.82) is 0 Å². The number of nitrogens with one attached hydrogen (secondary N) is 1. The number of hydrogen-bond donors (Lipinski definition) is 1. The molecule has 0 saturated heterocycles. The molecule has 0 spiro atoms. The SMILES string of the molecule is COc1ccc2c(c1)c(Cc1cc(=O)n(-c3cccc([N+](=O)[O-])c3)[nH]1)c(C)n2C(=O)c1ccc(Cl)cc1. The first kappa shape index (κ1) is 24.1. The number of hydrogen-bond acceptors (Lipinski definition) is 5. The van der Waals surface area contributed by atoms with Crippen molar-refractivity contribution in [2.24, 2.45) is 0 Å². The van der Waals surface area contributed by atoms with Crippen LogP contribution in [0.15, 0.2) is 77.6 Å². The third-order valence-electron chi connectivity index (χ3n) is 6.28. The molecule has 0 aliphatic heterocycles. The highest BCUT2D eigenvalue weighted by atomic mass is 35.5. The van der Waals surface area contributed by atoms with Crippen molar-refractivity contribution >= 4 is 34.1 Å². The summed E-state index contributed by atoms with van der Waals surface area (Å²) in [6.07, 6.45) is 0.313. The van der Waals surface area contributed by atoms with Crippen LogP contribution in [0.5, 0.6) is 5.75 Å². The van der Waals surface area contributed by atoms with Gasteiger partial charge in [-0.3, -0.25) is 29.4 Å². The fourth-order valence-corrected chi connectivity index (χ4v) is 4.58. The largest absolute Gasteiger partial charge is 0.497 e. The Balaban J connectivity index is 1.60. The lowest BCUT2D eigenvalue weighted by Crippen LogP contribution is -2.13. The van der Waals surface area contributed by atoms with E-state index >= 15 is 0 Å². The number of halogens is 1. The van der Waals surface area contributed by atoms with Crippen LogP contribution in [0.1, 0.15) is 27.3 Å². The van der Waals surface area contributed by atoms with Crippen LogP contribution in [0.25, 0.3) is 16.6 Å². The van der Waals surface area contributed by atoms with Crippen LogP contribution in [-0.2, 0) is 6.42 Å². The highest BCUT2D eigenvalue weighted by Gasteiger charge is 2.22. The molecular weight excluding hydrogens is 496 g/mol. The summed E-state index contributed by atoms with van der Waals surface area (Å²) in [5.41, 5.74) is 3.20. The lowest BCUT2D eigenvalue weighted by Gasteiger charge is -2.08. The van der Waals surface area contributed by atoms with Gasteiger partial charge in [-0.15, -0.1) is 0 Å². The number of nitrogens with zero attached hydrogens (tertiary/aromatic N) is 3. The summed E-state index contributed by atoms with van der Waals surface area (Å²) in [6, 6.07) is 19.4. The van der Waals surface area contributed by atoms with E-state index < -0.39 is 4.92 Å². The zero-order chi connectivity index (χ0) is 26.3. The second kappa shape index (κ2) is 9.44. The van der Waals surface area contributed by atoms with E-state index in [0.717, 1.165) is 10.9 Å². The number of benzene rings is 3. The summed E-state index contributed by atoms with van der Waals surface area (Å²) in [6.45, 7) is 1.85. The van der Waals surface area contributed by atoms with Gasteiger partial charge in [-0.2, -0.15) is 0 Å². The molecule has 37 heavy (non-hydrogen) atoms. The molecule has 0 saturated carbocycles. The first-order valence-electron chi connectivity index (χ1n) is 11.3. The standard InChI is InChI=1S/C27H21ClN4O5/c1-16-23(12-19-13-26(33)31(29-19)20-4-3-5-21(14-20)32(35)36)24-15-22(37-2)10-11-25(24)30(16)27(34)17-6-8-18(28)9-7-17/h3-11,13-15,29H,12H2,1-2H3. The molecule has 0 radical (unpaired) electrons. The van der Waals surface area contributed by atoms with Crippen molar-refractivity contribution in [2.75, 3.05) is 7.11 Å². The third-order valence-corrected chi connectivity index (χ3v) is 6.53. The fraction of sp³-hybridized carbons (Fsp3) is 0.111. The second-order valence-electron chi connectivity index (χ2n) is 8.50. The molecule has 0 amide bonds. The first-order chi connectivity index (χ1) is 17.8. The van der Waals surface area contributed by atoms with Crippen LogP contribution >= 0.6 is 11.6 Å². The first-order valence-corrected chi connectivity index (χ1v) is 11.7. The molecule has 0 aliphatic rings. The predicted octanol–water partition coefficient (Wildman–Crippen LogP) is 5.28. The minimum atomic E-state index is -0.512. The van der Waals surface area contributed by atoms with Crippen LogP contribution in [-0.4, -0.2) is 32.3 Å². The van der Waals surface area contributed by atoms with Crippen LogP contribution in [0.4, 0.5) is 5.69 Å². The minimum Gasteiger partial charge on any atom is -0.497 e. The molecule has 5 aromatic rings. The Morgan fingerprint density at radius 2 is 1.84 bits per heavy atom. The predicted molar refractivity (Wildman–Crippen MR) is 140 cm³/mol. The number of H-pyrrole nitrogens is 1. The number of aromatic amines is 1. The molecule has 5 rings (SSSR count). The molecule has 9 nitrogen and oxygen atoms in total. The van der Waals surface area contributed by atoms with E-state index in [1.165, 1.54) is 28.9 Å². The van der Waals surface area contributed by atoms with E-state index in [9.17, 15) is 19.7 Å². The zero-order valence-corrected chi connectivity index (χ0v) is 20.7. The lowest BCUT2D eigenvalue weighted by atomic mass is 10.1. The average Bonchev–Trinajstić information content (AvgIpc) is 3.40. The Hall–Kier alpha value is -4.63. The number of nitro groups is 1. The smallest absolute Gasteiger partial charge is 0.271 e. The Morgan fingerprint density at radius 3 is 2.54 bits per heavy atom. The van der Waals surface area contributed by atoms with Crippen LogP contribution in [0.2, 0.25) is 5.02 Å². The third kappa shape index (κ3) is 4.41. The molecule has 1 N–H and O–H groups in total. The van der Waals surface area contributed by atoms with E-state index in [-0.39, 0.29) is 17.2 Å². The summed E-state index contributed by atoms with van der Waals surface area (Å²) in [4.78, 5) is 36.9. The summed E-state index contributed by atoms with van der Waals surface area (Å²) in [5, 5.41) is 15.6. The second-order valence-corrected chi connectivity index (χ2v) is 8.94. The molecule has 2 aromatic heterocycles. The Labute approximate surface area is 215 Å². The van der Waals surface area contributed by atoms with Gasteiger partial charge >= 0.3 is 0 Å². The maximum absolute atomic E-state index is 13.5. The number of fused-ring (bicyclic) bond motifs is 1. The topological polar surface area (TPSA) is 112 Å². The van der Waals surface area contributed by atoms with Crippen LogP contribution in [0, 0.1) is 17.0 Å². The van der Waals surface area contributed by atoms with Crippen LogP contribution < -0.4 is 10.3 Å². The van der Waals surface area contributed by atoms with Crippen molar-refractivity contribution in [3.8, 4) is 11.4 Å². The summed E-state index contributed by atoms with van der Waals surface area (Å²) < 4.78 is 8.32. The molecular formula is C27H21ClN4O5. The molecule has 0 unspecified atom stereocenters. The fourth-order valence-electron chi connectivity index (χ4n) is 4.46.